The second kappa shape index (κ2) is 7.49. The van der Waals surface area contributed by atoms with E-state index in [-0.39, 0.29) is 13.2 Å². The first-order valence-electron chi connectivity index (χ1n) is 7.64. The zero-order valence-electron chi connectivity index (χ0n) is 14.2. The lowest BCUT2D eigenvalue weighted by Gasteiger charge is -2.13. The number of benzene rings is 1. The van der Waals surface area contributed by atoms with E-state index in [1.165, 1.54) is 18.4 Å². The molecule has 0 unspecified atom stereocenters. The summed E-state index contributed by atoms with van der Waals surface area (Å²) in [4.78, 5) is 10.1. The van der Waals surface area contributed by atoms with Crippen molar-refractivity contribution in [1.29, 1.82) is 0 Å². The van der Waals surface area contributed by atoms with Crippen LogP contribution in [0, 0.1) is 13.8 Å². The average Bonchev–Trinajstić information content (AvgIpc) is 3.19. The highest BCUT2D eigenvalue weighted by atomic mass is 32.1. The summed E-state index contributed by atoms with van der Waals surface area (Å²) in [6.07, 6.45) is 0. The molecule has 1 aromatic carbocycles. The maximum absolute atomic E-state index is 9.53. The standard InChI is InChI=1S/C17H19N3O3S2/c1-9-16(25-10(2)18-9)14-8-24-17(20-14)19-12-4-11(6-21)13(7-22)15(5-12)23-3/h4-5,8,21-22H,6-7H2,1-3H3,(H,19,20). The normalized spacial score (nSPS) is 10.9. The van der Waals surface area contributed by atoms with Crippen LogP contribution in [0.5, 0.6) is 5.75 Å². The van der Waals surface area contributed by atoms with Crippen molar-refractivity contribution in [1.82, 2.24) is 9.97 Å². The number of nitrogens with zero attached hydrogens (tertiary/aromatic N) is 2. The Morgan fingerprint density at radius 3 is 2.56 bits per heavy atom. The molecular formula is C17H19N3O3S2. The van der Waals surface area contributed by atoms with Gasteiger partial charge in [0, 0.05) is 22.7 Å². The van der Waals surface area contributed by atoms with E-state index >= 15 is 0 Å². The summed E-state index contributed by atoms with van der Waals surface area (Å²) < 4.78 is 5.32. The summed E-state index contributed by atoms with van der Waals surface area (Å²) in [5.74, 6) is 0.530. The molecule has 8 heteroatoms. The minimum atomic E-state index is -0.190. The molecule has 3 aromatic rings. The molecule has 0 aliphatic carbocycles. The molecule has 0 atom stereocenters. The van der Waals surface area contributed by atoms with E-state index in [0.717, 1.165) is 32.1 Å². The summed E-state index contributed by atoms with van der Waals surface area (Å²) in [6, 6.07) is 3.57. The van der Waals surface area contributed by atoms with Crippen LogP contribution in [0.25, 0.3) is 10.6 Å². The third-order valence-corrected chi connectivity index (χ3v) is 5.59. The van der Waals surface area contributed by atoms with Crippen molar-refractivity contribution in [3.8, 4) is 16.3 Å². The molecule has 132 valence electrons. The van der Waals surface area contributed by atoms with Crippen molar-refractivity contribution >= 4 is 33.5 Å². The molecule has 6 nitrogen and oxygen atoms in total. The van der Waals surface area contributed by atoms with Gasteiger partial charge in [0.25, 0.3) is 0 Å². The van der Waals surface area contributed by atoms with Crippen molar-refractivity contribution in [2.24, 2.45) is 0 Å². The van der Waals surface area contributed by atoms with Gasteiger partial charge in [-0.15, -0.1) is 22.7 Å². The van der Waals surface area contributed by atoms with E-state index in [1.807, 2.05) is 19.2 Å². The van der Waals surface area contributed by atoms with Crippen LogP contribution in [0.15, 0.2) is 17.5 Å². The number of rotatable bonds is 6. The summed E-state index contributed by atoms with van der Waals surface area (Å²) in [5, 5.41) is 26.0. The lowest BCUT2D eigenvalue weighted by Crippen LogP contribution is -2.01. The van der Waals surface area contributed by atoms with Gasteiger partial charge in [0.1, 0.15) is 5.75 Å². The van der Waals surface area contributed by atoms with Gasteiger partial charge in [-0.2, -0.15) is 0 Å². The number of thiazole rings is 2. The molecule has 0 aliphatic rings. The van der Waals surface area contributed by atoms with Crippen LogP contribution in [-0.4, -0.2) is 27.3 Å². The molecule has 0 saturated heterocycles. The first kappa shape index (κ1) is 17.8. The van der Waals surface area contributed by atoms with Gasteiger partial charge in [-0.05, 0) is 25.5 Å². The molecular weight excluding hydrogens is 358 g/mol. The molecule has 0 spiro atoms. The van der Waals surface area contributed by atoms with Crippen molar-refractivity contribution < 1.29 is 14.9 Å². The highest BCUT2D eigenvalue weighted by Crippen LogP contribution is 2.34. The van der Waals surface area contributed by atoms with Crippen molar-refractivity contribution in [2.75, 3.05) is 12.4 Å². The smallest absolute Gasteiger partial charge is 0.187 e. The molecule has 0 radical (unpaired) electrons. The van der Waals surface area contributed by atoms with E-state index in [2.05, 4.69) is 15.3 Å². The summed E-state index contributed by atoms with van der Waals surface area (Å²) in [7, 11) is 1.54. The minimum Gasteiger partial charge on any atom is -0.496 e. The Balaban J connectivity index is 1.89. The number of anilines is 2. The van der Waals surface area contributed by atoms with Gasteiger partial charge in [0.05, 0.1) is 41.6 Å². The predicted octanol–water partition coefficient (Wildman–Crippen LogP) is 3.62. The van der Waals surface area contributed by atoms with E-state index in [1.54, 1.807) is 23.5 Å². The second-order valence-corrected chi connectivity index (χ2v) is 7.50. The highest BCUT2D eigenvalue weighted by Gasteiger charge is 2.14. The fraction of sp³-hybridized carbons (Fsp3) is 0.294. The molecule has 2 aromatic heterocycles. The van der Waals surface area contributed by atoms with E-state index in [0.29, 0.717) is 16.9 Å². The summed E-state index contributed by atoms with van der Waals surface area (Å²) in [5.41, 5.74) is 3.84. The maximum Gasteiger partial charge on any atom is 0.187 e. The third kappa shape index (κ3) is 3.67. The Hall–Kier alpha value is -2.00. The SMILES string of the molecule is COc1cc(Nc2nc(-c3sc(C)nc3C)cs2)cc(CO)c1CO. The van der Waals surface area contributed by atoms with Crippen LogP contribution in [0.3, 0.4) is 0 Å². The van der Waals surface area contributed by atoms with Gasteiger partial charge in [0.15, 0.2) is 5.13 Å². The fourth-order valence-corrected chi connectivity index (χ4v) is 4.28. The maximum atomic E-state index is 9.53. The highest BCUT2D eigenvalue weighted by molar-refractivity contribution is 7.16. The molecule has 0 aliphatic heterocycles. The van der Waals surface area contributed by atoms with Crippen molar-refractivity contribution in [3.05, 3.63) is 39.3 Å². The van der Waals surface area contributed by atoms with Crippen LogP contribution >= 0.6 is 22.7 Å². The average molecular weight is 377 g/mol. The number of methoxy groups -OCH3 is 1. The topological polar surface area (TPSA) is 87.5 Å². The zero-order valence-corrected chi connectivity index (χ0v) is 15.8. The second-order valence-electron chi connectivity index (χ2n) is 5.44. The number of nitrogens with one attached hydrogen (secondary N) is 1. The van der Waals surface area contributed by atoms with Gasteiger partial charge in [-0.1, -0.05) is 0 Å². The Labute approximate surface area is 153 Å². The lowest BCUT2D eigenvalue weighted by atomic mass is 10.1. The Bertz CT molecular complexity index is 864. The van der Waals surface area contributed by atoms with Gasteiger partial charge < -0.3 is 20.3 Å². The van der Waals surface area contributed by atoms with E-state index in [9.17, 15) is 10.2 Å². The molecule has 0 amide bonds. The Morgan fingerprint density at radius 1 is 1.16 bits per heavy atom. The van der Waals surface area contributed by atoms with Gasteiger partial charge in [-0.25, -0.2) is 9.97 Å². The molecule has 0 bridgehead atoms. The van der Waals surface area contributed by atoms with Crippen LogP contribution in [-0.2, 0) is 13.2 Å². The van der Waals surface area contributed by atoms with Crippen LogP contribution in [0.4, 0.5) is 10.8 Å². The molecule has 0 fully saturated rings. The number of aryl methyl sites for hydroxylation is 2. The fourth-order valence-electron chi connectivity index (χ4n) is 2.61. The number of hydrogen-bond donors (Lipinski definition) is 3. The van der Waals surface area contributed by atoms with Crippen molar-refractivity contribution in [2.45, 2.75) is 27.1 Å². The van der Waals surface area contributed by atoms with E-state index < -0.39 is 0 Å². The number of ether oxygens (including phenoxy) is 1. The molecule has 3 rings (SSSR count). The molecule has 0 saturated carbocycles. The predicted molar refractivity (Wildman–Crippen MR) is 101 cm³/mol. The number of aliphatic hydroxyl groups is 2. The summed E-state index contributed by atoms with van der Waals surface area (Å²) >= 11 is 3.13. The minimum absolute atomic E-state index is 0.176. The molecule has 2 heterocycles. The number of hydrogen-bond acceptors (Lipinski definition) is 8. The van der Waals surface area contributed by atoms with Gasteiger partial charge >= 0.3 is 0 Å². The largest absolute Gasteiger partial charge is 0.496 e. The molecule has 25 heavy (non-hydrogen) atoms. The van der Waals surface area contributed by atoms with Crippen LogP contribution in [0.1, 0.15) is 21.8 Å². The van der Waals surface area contributed by atoms with Crippen LogP contribution in [0.2, 0.25) is 0 Å². The van der Waals surface area contributed by atoms with Crippen molar-refractivity contribution in [3.63, 3.8) is 0 Å². The monoisotopic (exact) mass is 377 g/mol. The first-order chi connectivity index (χ1) is 12.0. The Morgan fingerprint density at radius 2 is 1.96 bits per heavy atom. The molecule has 3 N–H and O–H groups in total. The quantitative estimate of drug-likeness (QED) is 0.608. The van der Waals surface area contributed by atoms with E-state index in [4.69, 9.17) is 4.74 Å². The zero-order chi connectivity index (χ0) is 18.0. The van der Waals surface area contributed by atoms with Gasteiger partial charge in [0.2, 0.25) is 0 Å². The third-order valence-electron chi connectivity index (χ3n) is 3.74. The van der Waals surface area contributed by atoms with Crippen LogP contribution < -0.4 is 10.1 Å². The van der Waals surface area contributed by atoms with Gasteiger partial charge in [-0.3, -0.25) is 0 Å². The lowest BCUT2D eigenvalue weighted by molar-refractivity contribution is 0.254. The number of aromatic nitrogens is 2. The first-order valence-corrected chi connectivity index (χ1v) is 9.33. The Kier molecular flexibility index (Phi) is 5.33. The number of aliphatic hydroxyl groups excluding tert-OH is 2. The summed E-state index contributed by atoms with van der Waals surface area (Å²) in [6.45, 7) is 3.60.